The molecule has 0 spiro atoms. The molecule has 0 unspecified atom stereocenters. The van der Waals surface area contributed by atoms with E-state index in [9.17, 15) is 0 Å². The van der Waals surface area contributed by atoms with Crippen molar-refractivity contribution in [1.82, 2.24) is 9.97 Å². The summed E-state index contributed by atoms with van der Waals surface area (Å²) in [5, 5.41) is 0. The van der Waals surface area contributed by atoms with E-state index < -0.39 is 0 Å². The number of aromatic nitrogens is 2. The summed E-state index contributed by atoms with van der Waals surface area (Å²) in [7, 11) is 0. The molecule has 11 heavy (non-hydrogen) atoms. The maximum absolute atomic E-state index is 5.63. The van der Waals surface area contributed by atoms with E-state index in [1.807, 2.05) is 13.0 Å². The number of aryl methyl sites for hydroxylation is 1. The summed E-state index contributed by atoms with van der Waals surface area (Å²) in [5.74, 6) is 1.36. The van der Waals surface area contributed by atoms with Crippen molar-refractivity contribution in [1.29, 1.82) is 0 Å². The second-order valence-electron chi connectivity index (χ2n) is 2.68. The number of anilines is 2. The smallest absolute Gasteiger partial charge is 0.106 e. The first-order chi connectivity index (χ1) is 5.18. The molecule has 0 bridgehead atoms. The number of H-pyrrole nitrogens is 2. The van der Waals surface area contributed by atoms with Crippen LogP contribution in [0.15, 0.2) is 6.07 Å². The maximum Gasteiger partial charge on any atom is 0.106 e. The quantitative estimate of drug-likeness (QED) is 0.451. The molecule has 0 amide bonds. The van der Waals surface area contributed by atoms with Crippen molar-refractivity contribution < 1.29 is 0 Å². The summed E-state index contributed by atoms with van der Waals surface area (Å²) < 4.78 is 0. The third-order valence-electron chi connectivity index (χ3n) is 1.89. The number of aromatic amines is 2. The molecule has 0 aliphatic heterocycles. The Kier molecular flexibility index (Phi) is 0.961. The van der Waals surface area contributed by atoms with Gasteiger partial charge in [-0.3, -0.25) is 0 Å². The van der Waals surface area contributed by atoms with Gasteiger partial charge in [-0.25, -0.2) is 0 Å². The van der Waals surface area contributed by atoms with Gasteiger partial charge in [-0.2, -0.15) is 0 Å². The van der Waals surface area contributed by atoms with E-state index in [1.165, 1.54) is 0 Å². The van der Waals surface area contributed by atoms with E-state index in [-0.39, 0.29) is 0 Å². The first-order valence-corrected chi connectivity index (χ1v) is 3.40. The van der Waals surface area contributed by atoms with E-state index in [0.717, 1.165) is 16.6 Å². The van der Waals surface area contributed by atoms with Crippen LogP contribution in [0.2, 0.25) is 0 Å². The zero-order chi connectivity index (χ0) is 8.01. The number of hydrogen-bond acceptors (Lipinski definition) is 2. The summed E-state index contributed by atoms with van der Waals surface area (Å²) >= 11 is 0. The Bertz CT molecular complexity index is 396. The van der Waals surface area contributed by atoms with Crippen LogP contribution in [0.25, 0.3) is 11.0 Å². The van der Waals surface area contributed by atoms with Crippen LogP contribution in [-0.2, 0) is 0 Å². The fourth-order valence-corrected chi connectivity index (χ4v) is 1.24. The molecular formula is C7H10N4. The molecule has 2 heterocycles. The van der Waals surface area contributed by atoms with Gasteiger partial charge < -0.3 is 21.4 Å². The van der Waals surface area contributed by atoms with Crippen molar-refractivity contribution in [2.75, 3.05) is 11.5 Å². The zero-order valence-corrected chi connectivity index (χ0v) is 6.23. The lowest BCUT2D eigenvalue weighted by Crippen LogP contribution is -1.87. The Morgan fingerprint density at radius 3 is 2.64 bits per heavy atom. The molecule has 0 aliphatic rings. The van der Waals surface area contributed by atoms with Gasteiger partial charge >= 0.3 is 0 Å². The number of hydrogen-bond donors (Lipinski definition) is 4. The zero-order valence-electron chi connectivity index (χ0n) is 6.23. The lowest BCUT2D eigenvalue weighted by Gasteiger charge is -1.87. The van der Waals surface area contributed by atoms with Gasteiger partial charge in [0.05, 0.1) is 11.0 Å². The molecule has 2 aromatic rings. The molecule has 0 fully saturated rings. The monoisotopic (exact) mass is 150 g/mol. The van der Waals surface area contributed by atoms with Gasteiger partial charge in [0.15, 0.2) is 0 Å². The Morgan fingerprint density at radius 1 is 1.27 bits per heavy atom. The third-order valence-corrected chi connectivity index (χ3v) is 1.89. The van der Waals surface area contributed by atoms with E-state index in [2.05, 4.69) is 9.97 Å². The molecule has 58 valence electrons. The Morgan fingerprint density at radius 2 is 2.00 bits per heavy atom. The molecule has 0 aromatic carbocycles. The Labute approximate surface area is 63.6 Å². The van der Waals surface area contributed by atoms with E-state index in [4.69, 9.17) is 11.5 Å². The van der Waals surface area contributed by atoms with Gasteiger partial charge in [0, 0.05) is 11.6 Å². The predicted octanol–water partition coefficient (Wildman–Crippen LogP) is 0.969. The first-order valence-electron chi connectivity index (χ1n) is 3.40. The van der Waals surface area contributed by atoms with Crippen molar-refractivity contribution >= 4 is 22.7 Å². The van der Waals surface area contributed by atoms with Gasteiger partial charge in [0.2, 0.25) is 0 Å². The molecule has 0 atom stereocenters. The van der Waals surface area contributed by atoms with Crippen molar-refractivity contribution in [3.63, 3.8) is 0 Å². The molecule has 0 saturated carbocycles. The number of nitrogens with two attached hydrogens (primary N) is 2. The molecular weight excluding hydrogens is 140 g/mol. The highest BCUT2D eigenvalue weighted by Gasteiger charge is 2.05. The summed E-state index contributed by atoms with van der Waals surface area (Å²) in [4.78, 5) is 6.03. The van der Waals surface area contributed by atoms with Crippen LogP contribution in [0.5, 0.6) is 0 Å². The number of nitrogen functional groups attached to an aromatic ring is 2. The molecule has 0 aliphatic carbocycles. The van der Waals surface area contributed by atoms with Crippen molar-refractivity contribution in [2.45, 2.75) is 6.92 Å². The molecule has 4 nitrogen and oxygen atoms in total. The first kappa shape index (κ1) is 6.15. The lowest BCUT2D eigenvalue weighted by atomic mass is 10.3. The van der Waals surface area contributed by atoms with Gasteiger partial charge in [-0.15, -0.1) is 0 Å². The SMILES string of the molecule is Cc1c(N)[nH]c2cc(N)[nH]c12. The summed E-state index contributed by atoms with van der Waals surface area (Å²) in [5.41, 5.74) is 14.2. The fourth-order valence-electron chi connectivity index (χ4n) is 1.24. The summed E-state index contributed by atoms with van der Waals surface area (Å²) in [6.07, 6.45) is 0. The maximum atomic E-state index is 5.63. The van der Waals surface area contributed by atoms with E-state index in [1.54, 1.807) is 0 Å². The molecule has 2 rings (SSSR count). The van der Waals surface area contributed by atoms with Crippen molar-refractivity contribution in [2.24, 2.45) is 0 Å². The normalized spacial score (nSPS) is 11.0. The highest BCUT2D eigenvalue weighted by atomic mass is 14.9. The van der Waals surface area contributed by atoms with Crippen LogP contribution < -0.4 is 11.5 Å². The topological polar surface area (TPSA) is 83.6 Å². The fraction of sp³-hybridized carbons (Fsp3) is 0.143. The van der Waals surface area contributed by atoms with Crippen molar-refractivity contribution in [3.05, 3.63) is 11.6 Å². The third kappa shape index (κ3) is 0.690. The second-order valence-corrected chi connectivity index (χ2v) is 2.68. The largest absolute Gasteiger partial charge is 0.385 e. The summed E-state index contributed by atoms with van der Waals surface area (Å²) in [6.45, 7) is 1.95. The minimum Gasteiger partial charge on any atom is -0.385 e. The minimum absolute atomic E-state index is 0.661. The highest BCUT2D eigenvalue weighted by Crippen LogP contribution is 2.23. The lowest BCUT2D eigenvalue weighted by molar-refractivity contribution is 1.39. The van der Waals surface area contributed by atoms with Crippen LogP contribution in [-0.4, -0.2) is 9.97 Å². The minimum atomic E-state index is 0.661. The van der Waals surface area contributed by atoms with E-state index in [0.29, 0.717) is 11.6 Å². The molecule has 0 radical (unpaired) electrons. The Hall–Kier alpha value is -1.58. The number of fused-ring (bicyclic) bond motifs is 1. The van der Waals surface area contributed by atoms with Gasteiger partial charge in [0.25, 0.3) is 0 Å². The molecule has 6 N–H and O–H groups in total. The predicted molar refractivity (Wildman–Crippen MR) is 46.2 cm³/mol. The van der Waals surface area contributed by atoms with Crippen LogP contribution in [0, 0.1) is 6.92 Å². The second kappa shape index (κ2) is 1.72. The number of rotatable bonds is 0. The Balaban J connectivity index is 2.88. The highest BCUT2D eigenvalue weighted by molar-refractivity contribution is 5.87. The van der Waals surface area contributed by atoms with Crippen LogP contribution >= 0.6 is 0 Å². The van der Waals surface area contributed by atoms with Crippen molar-refractivity contribution in [3.8, 4) is 0 Å². The van der Waals surface area contributed by atoms with E-state index >= 15 is 0 Å². The standard InChI is InChI=1S/C7H10N4/c1-3-6-4(10-7(3)9)2-5(8)11-6/h2,10-11H,8-9H2,1H3. The van der Waals surface area contributed by atoms with Gasteiger partial charge in [-0.1, -0.05) is 0 Å². The van der Waals surface area contributed by atoms with Crippen LogP contribution in [0.3, 0.4) is 0 Å². The number of nitrogens with one attached hydrogen (secondary N) is 2. The summed E-state index contributed by atoms with van der Waals surface area (Å²) in [6, 6.07) is 1.83. The van der Waals surface area contributed by atoms with Gasteiger partial charge in [0.1, 0.15) is 11.6 Å². The van der Waals surface area contributed by atoms with Crippen LogP contribution in [0.1, 0.15) is 5.56 Å². The molecule has 2 aromatic heterocycles. The average Bonchev–Trinajstić information content (AvgIpc) is 2.37. The van der Waals surface area contributed by atoms with Crippen LogP contribution in [0.4, 0.5) is 11.6 Å². The molecule has 0 saturated heterocycles. The average molecular weight is 150 g/mol. The molecule has 4 heteroatoms. The van der Waals surface area contributed by atoms with Gasteiger partial charge in [-0.05, 0) is 6.92 Å².